The molecule has 1 aliphatic heterocycles. The number of halogens is 3. The second-order valence-corrected chi connectivity index (χ2v) is 7.26. The number of ether oxygens (including phenoxy) is 1. The van der Waals surface area contributed by atoms with E-state index in [4.69, 9.17) is 4.74 Å². The molecule has 3 rings (SSSR count). The lowest BCUT2D eigenvalue weighted by atomic mass is 10.1. The molecule has 0 bridgehead atoms. The van der Waals surface area contributed by atoms with Crippen LogP contribution in [-0.4, -0.2) is 54.6 Å². The normalized spacial score (nSPS) is 16.4. The van der Waals surface area contributed by atoms with Gasteiger partial charge in [-0.2, -0.15) is 13.2 Å². The van der Waals surface area contributed by atoms with E-state index >= 15 is 0 Å². The van der Waals surface area contributed by atoms with Gasteiger partial charge < -0.3 is 9.64 Å². The molecule has 1 fully saturated rings. The summed E-state index contributed by atoms with van der Waals surface area (Å²) in [5, 5.41) is 0. The van der Waals surface area contributed by atoms with Gasteiger partial charge in [-0.1, -0.05) is 36.4 Å². The molecule has 1 aliphatic rings. The highest BCUT2D eigenvalue weighted by molar-refractivity contribution is 5.94. The summed E-state index contributed by atoms with van der Waals surface area (Å²) in [5.74, 6) is -0.402. The maximum Gasteiger partial charge on any atom is 0.416 e. The molecule has 0 N–H and O–H groups in total. The first-order valence-electron chi connectivity index (χ1n) is 9.67. The summed E-state index contributed by atoms with van der Waals surface area (Å²) in [6.07, 6.45) is -4.49. The number of alkyl halides is 3. The number of hydrogen-bond donors (Lipinski definition) is 0. The van der Waals surface area contributed by atoms with Gasteiger partial charge in [-0.15, -0.1) is 0 Å². The lowest BCUT2D eigenvalue weighted by molar-refractivity contribution is -0.137. The highest BCUT2D eigenvalue weighted by atomic mass is 19.4. The van der Waals surface area contributed by atoms with E-state index in [0.717, 1.165) is 30.8 Å². The van der Waals surface area contributed by atoms with Gasteiger partial charge in [0.25, 0.3) is 5.91 Å². The zero-order valence-corrected chi connectivity index (χ0v) is 16.4. The van der Waals surface area contributed by atoms with Crippen molar-refractivity contribution in [3.05, 3.63) is 71.3 Å². The van der Waals surface area contributed by atoms with E-state index in [-0.39, 0.29) is 11.6 Å². The molecule has 2 aromatic carbocycles. The molecule has 2 aromatic rings. The largest absolute Gasteiger partial charge is 0.416 e. The van der Waals surface area contributed by atoms with E-state index in [1.165, 1.54) is 12.1 Å². The molecule has 0 spiro atoms. The molecule has 0 saturated carbocycles. The van der Waals surface area contributed by atoms with Crippen molar-refractivity contribution in [2.24, 2.45) is 0 Å². The highest BCUT2D eigenvalue weighted by Gasteiger charge is 2.32. The predicted molar refractivity (Wildman–Crippen MR) is 104 cm³/mol. The summed E-state index contributed by atoms with van der Waals surface area (Å²) in [6.45, 7) is 5.76. The quantitative estimate of drug-likeness (QED) is 0.725. The third kappa shape index (κ3) is 5.81. The Morgan fingerprint density at radius 2 is 1.79 bits per heavy atom. The number of carbonyl (C=O) groups is 1. The van der Waals surface area contributed by atoms with Gasteiger partial charge in [-0.3, -0.25) is 9.69 Å². The summed E-state index contributed by atoms with van der Waals surface area (Å²) >= 11 is 0. The maximum absolute atomic E-state index is 13.2. The van der Waals surface area contributed by atoms with Crippen molar-refractivity contribution in [3.8, 4) is 0 Å². The lowest BCUT2D eigenvalue weighted by Crippen LogP contribution is -2.48. The van der Waals surface area contributed by atoms with Crippen molar-refractivity contribution >= 4 is 5.91 Å². The Hall–Kier alpha value is -2.38. The molecule has 0 aromatic heterocycles. The van der Waals surface area contributed by atoms with Crippen LogP contribution in [0, 0.1) is 0 Å². The van der Waals surface area contributed by atoms with Gasteiger partial charge >= 0.3 is 6.18 Å². The summed E-state index contributed by atoms with van der Waals surface area (Å²) in [5.41, 5.74) is 0.162. The van der Waals surface area contributed by atoms with Crippen molar-refractivity contribution < 1.29 is 22.7 Å². The van der Waals surface area contributed by atoms with Crippen molar-refractivity contribution in [2.45, 2.75) is 25.7 Å². The fourth-order valence-corrected chi connectivity index (χ4v) is 3.46. The Morgan fingerprint density at radius 3 is 2.45 bits per heavy atom. The zero-order valence-electron chi connectivity index (χ0n) is 16.4. The number of amides is 1. The first kappa shape index (κ1) is 21.3. The standard InChI is InChI=1S/C22H25F3N2O2/c1-17(15-26-10-12-29-13-11-26)27(16-18-6-3-2-4-7-18)21(28)19-8-5-9-20(14-19)22(23,24)25/h2-9,14,17H,10-13,15-16H2,1H3. The van der Waals surface area contributed by atoms with Crippen LogP contribution in [0.4, 0.5) is 13.2 Å². The Labute approximate surface area is 168 Å². The van der Waals surface area contributed by atoms with Crippen LogP contribution in [-0.2, 0) is 17.5 Å². The predicted octanol–water partition coefficient (Wildman–Crippen LogP) is 4.07. The van der Waals surface area contributed by atoms with Gasteiger partial charge in [0.05, 0.1) is 18.8 Å². The monoisotopic (exact) mass is 406 g/mol. The molecular weight excluding hydrogens is 381 g/mol. The molecule has 7 heteroatoms. The summed E-state index contributed by atoms with van der Waals surface area (Å²) in [7, 11) is 0. The van der Waals surface area contributed by atoms with Crippen LogP contribution in [0.15, 0.2) is 54.6 Å². The molecule has 4 nitrogen and oxygen atoms in total. The SMILES string of the molecule is CC(CN1CCOCC1)N(Cc1ccccc1)C(=O)c1cccc(C(F)(F)F)c1. The van der Waals surface area contributed by atoms with Gasteiger partial charge in [0.2, 0.25) is 0 Å². The fraction of sp³-hybridized carbons (Fsp3) is 0.409. The number of benzene rings is 2. The van der Waals surface area contributed by atoms with E-state index in [9.17, 15) is 18.0 Å². The Morgan fingerprint density at radius 1 is 1.10 bits per heavy atom. The molecule has 1 heterocycles. The zero-order chi connectivity index (χ0) is 20.9. The molecule has 29 heavy (non-hydrogen) atoms. The van der Waals surface area contributed by atoms with Gasteiger partial charge in [0.15, 0.2) is 0 Å². The first-order valence-corrected chi connectivity index (χ1v) is 9.67. The van der Waals surface area contributed by atoms with Crippen LogP contribution in [0.25, 0.3) is 0 Å². The first-order chi connectivity index (χ1) is 13.8. The molecule has 156 valence electrons. The van der Waals surface area contributed by atoms with Crippen LogP contribution in [0.5, 0.6) is 0 Å². The third-order valence-electron chi connectivity index (χ3n) is 5.05. The van der Waals surface area contributed by atoms with E-state index < -0.39 is 17.6 Å². The Kier molecular flexibility index (Phi) is 6.92. The number of rotatable bonds is 6. The van der Waals surface area contributed by atoms with E-state index in [1.54, 1.807) is 4.90 Å². The van der Waals surface area contributed by atoms with Crippen LogP contribution in [0.2, 0.25) is 0 Å². The average Bonchev–Trinajstić information content (AvgIpc) is 2.72. The van der Waals surface area contributed by atoms with Gasteiger partial charge in [0, 0.05) is 37.8 Å². The molecule has 1 saturated heterocycles. The maximum atomic E-state index is 13.2. The van der Waals surface area contributed by atoms with Crippen molar-refractivity contribution in [2.75, 3.05) is 32.8 Å². The van der Waals surface area contributed by atoms with Crippen LogP contribution < -0.4 is 0 Å². The van der Waals surface area contributed by atoms with Gasteiger partial charge in [0.1, 0.15) is 0 Å². The van der Waals surface area contributed by atoms with E-state index in [2.05, 4.69) is 4.90 Å². The van der Waals surface area contributed by atoms with Crippen LogP contribution in [0.3, 0.4) is 0 Å². The topological polar surface area (TPSA) is 32.8 Å². The lowest BCUT2D eigenvalue weighted by Gasteiger charge is -2.35. The van der Waals surface area contributed by atoms with Crippen molar-refractivity contribution in [1.29, 1.82) is 0 Å². The molecule has 0 aliphatic carbocycles. The third-order valence-corrected chi connectivity index (χ3v) is 5.05. The smallest absolute Gasteiger partial charge is 0.379 e. The second-order valence-electron chi connectivity index (χ2n) is 7.26. The number of nitrogens with zero attached hydrogens (tertiary/aromatic N) is 2. The molecular formula is C22H25F3N2O2. The number of hydrogen-bond acceptors (Lipinski definition) is 3. The van der Waals surface area contributed by atoms with Gasteiger partial charge in [-0.25, -0.2) is 0 Å². The summed E-state index contributed by atoms with van der Waals surface area (Å²) < 4.78 is 44.7. The molecule has 1 unspecified atom stereocenters. The summed E-state index contributed by atoms with van der Waals surface area (Å²) in [6, 6.07) is 13.9. The average molecular weight is 406 g/mol. The molecule has 1 atom stereocenters. The molecule has 0 radical (unpaired) electrons. The minimum absolute atomic E-state index is 0.0459. The minimum Gasteiger partial charge on any atom is -0.379 e. The fourth-order valence-electron chi connectivity index (χ4n) is 3.46. The Bertz CT molecular complexity index is 805. The molecule has 1 amide bonds. The van der Waals surface area contributed by atoms with Crippen LogP contribution >= 0.6 is 0 Å². The van der Waals surface area contributed by atoms with Crippen molar-refractivity contribution in [3.63, 3.8) is 0 Å². The van der Waals surface area contributed by atoms with E-state index in [0.29, 0.717) is 26.3 Å². The highest BCUT2D eigenvalue weighted by Crippen LogP contribution is 2.30. The second kappa shape index (κ2) is 9.41. The van der Waals surface area contributed by atoms with Gasteiger partial charge in [-0.05, 0) is 30.7 Å². The van der Waals surface area contributed by atoms with Crippen LogP contribution in [0.1, 0.15) is 28.4 Å². The van der Waals surface area contributed by atoms with Crippen molar-refractivity contribution in [1.82, 2.24) is 9.80 Å². The Balaban J connectivity index is 1.84. The number of morpholine rings is 1. The summed E-state index contributed by atoms with van der Waals surface area (Å²) in [4.78, 5) is 17.1. The minimum atomic E-state index is -4.49. The number of carbonyl (C=O) groups excluding carboxylic acids is 1. The van der Waals surface area contributed by atoms with E-state index in [1.807, 2.05) is 37.3 Å².